The molecule has 0 saturated carbocycles. The summed E-state index contributed by atoms with van der Waals surface area (Å²) in [6.45, 7) is 3.14. The van der Waals surface area contributed by atoms with E-state index in [0.717, 1.165) is 31.5 Å². The fourth-order valence-electron chi connectivity index (χ4n) is 2.17. The van der Waals surface area contributed by atoms with Crippen molar-refractivity contribution in [2.75, 3.05) is 11.9 Å². The zero-order chi connectivity index (χ0) is 12.1. The minimum absolute atomic E-state index is 0.0407. The maximum atomic E-state index is 11.7. The minimum atomic E-state index is 0.0407. The second-order valence-corrected chi connectivity index (χ2v) is 4.57. The van der Waals surface area contributed by atoms with Gasteiger partial charge in [-0.1, -0.05) is 13.3 Å². The summed E-state index contributed by atoms with van der Waals surface area (Å²) in [6.07, 6.45) is 4.83. The third-order valence-electron chi connectivity index (χ3n) is 3.01. The van der Waals surface area contributed by atoms with Gasteiger partial charge < -0.3 is 10.6 Å². The van der Waals surface area contributed by atoms with Gasteiger partial charge in [0.2, 0.25) is 5.91 Å². The van der Waals surface area contributed by atoms with Gasteiger partial charge in [0, 0.05) is 24.2 Å². The summed E-state index contributed by atoms with van der Waals surface area (Å²) in [6, 6.07) is 2.24. The van der Waals surface area contributed by atoms with E-state index in [2.05, 4.69) is 27.8 Å². The Hall–Kier alpha value is -1.36. The lowest BCUT2D eigenvalue weighted by molar-refractivity contribution is -0.116. The van der Waals surface area contributed by atoms with Gasteiger partial charge in [0.05, 0.1) is 0 Å². The quantitative estimate of drug-likeness (QED) is 0.724. The number of rotatable bonds is 5. The zero-order valence-electron chi connectivity index (χ0n) is 10.3. The molecule has 0 bridgehead atoms. The SMILES string of the molecule is CCCc1cc(NC(=O)CC2CCCN2)n[nH]1. The summed E-state index contributed by atoms with van der Waals surface area (Å²) in [5.74, 6) is 0.676. The Bertz CT molecular complexity index is 368. The van der Waals surface area contributed by atoms with Crippen LogP contribution in [0.2, 0.25) is 0 Å². The molecule has 3 N–H and O–H groups in total. The number of aromatic amines is 1. The number of aryl methyl sites for hydroxylation is 1. The van der Waals surface area contributed by atoms with Crippen LogP contribution in [0.3, 0.4) is 0 Å². The van der Waals surface area contributed by atoms with Gasteiger partial charge in [0.15, 0.2) is 5.82 Å². The fraction of sp³-hybridized carbons (Fsp3) is 0.667. The summed E-state index contributed by atoms with van der Waals surface area (Å²) in [5.41, 5.74) is 1.07. The third-order valence-corrected chi connectivity index (χ3v) is 3.01. The maximum Gasteiger partial charge on any atom is 0.227 e. The first-order valence-corrected chi connectivity index (χ1v) is 6.35. The molecule has 1 saturated heterocycles. The highest BCUT2D eigenvalue weighted by Crippen LogP contribution is 2.11. The van der Waals surface area contributed by atoms with Gasteiger partial charge in [0.25, 0.3) is 0 Å². The van der Waals surface area contributed by atoms with Gasteiger partial charge in [-0.05, 0) is 25.8 Å². The van der Waals surface area contributed by atoms with E-state index >= 15 is 0 Å². The number of anilines is 1. The van der Waals surface area contributed by atoms with E-state index in [1.807, 2.05) is 6.07 Å². The van der Waals surface area contributed by atoms with E-state index in [4.69, 9.17) is 0 Å². The first kappa shape index (κ1) is 12.1. The standard InChI is InChI=1S/C12H20N4O/c1-2-4-10-7-11(16-15-10)14-12(17)8-9-5-3-6-13-9/h7,9,13H,2-6,8H2,1H3,(H2,14,15,16,17). The third kappa shape index (κ3) is 3.56. The molecule has 0 aromatic carbocycles. The maximum absolute atomic E-state index is 11.7. The molecular weight excluding hydrogens is 216 g/mol. The second-order valence-electron chi connectivity index (χ2n) is 4.57. The van der Waals surface area contributed by atoms with Crippen LogP contribution < -0.4 is 10.6 Å². The van der Waals surface area contributed by atoms with E-state index in [1.54, 1.807) is 0 Å². The van der Waals surface area contributed by atoms with Crippen LogP contribution in [0, 0.1) is 0 Å². The van der Waals surface area contributed by atoms with Gasteiger partial charge in [-0.2, -0.15) is 5.10 Å². The number of carbonyl (C=O) groups excluding carboxylic acids is 1. The molecule has 1 aromatic heterocycles. The van der Waals surface area contributed by atoms with Crippen LogP contribution in [0.25, 0.3) is 0 Å². The van der Waals surface area contributed by atoms with Crippen molar-refractivity contribution < 1.29 is 4.79 Å². The van der Waals surface area contributed by atoms with Crippen LogP contribution in [-0.2, 0) is 11.2 Å². The van der Waals surface area contributed by atoms with Crippen molar-refractivity contribution in [2.24, 2.45) is 0 Å². The molecule has 0 aliphatic carbocycles. The highest BCUT2D eigenvalue weighted by atomic mass is 16.1. The first-order chi connectivity index (χ1) is 8.28. The molecule has 1 aromatic rings. The normalized spacial score (nSPS) is 19.5. The van der Waals surface area contributed by atoms with Crippen molar-refractivity contribution in [3.05, 3.63) is 11.8 Å². The Kier molecular flexibility index (Phi) is 4.14. The summed E-state index contributed by atoms with van der Waals surface area (Å²) < 4.78 is 0. The van der Waals surface area contributed by atoms with Crippen molar-refractivity contribution in [3.8, 4) is 0 Å². The lowest BCUT2D eigenvalue weighted by Crippen LogP contribution is -2.27. The summed E-state index contributed by atoms with van der Waals surface area (Å²) in [7, 11) is 0. The van der Waals surface area contributed by atoms with Crippen molar-refractivity contribution in [1.82, 2.24) is 15.5 Å². The van der Waals surface area contributed by atoms with E-state index in [-0.39, 0.29) is 5.91 Å². The number of nitrogens with one attached hydrogen (secondary N) is 3. The Morgan fingerprint density at radius 2 is 2.53 bits per heavy atom. The molecule has 1 amide bonds. The number of amides is 1. The van der Waals surface area contributed by atoms with Gasteiger partial charge in [-0.3, -0.25) is 9.89 Å². The Morgan fingerprint density at radius 3 is 3.24 bits per heavy atom. The topological polar surface area (TPSA) is 69.8 Å². The number of H-pyrrole nitrogens is 1. The molecule has 2 heterocycles. The molecule has 94 valence electrons. The van der Waals surface area contributed by atoms with Gasteiger partial charge in [0.1, 0.15) is 0 Å². The molecule has 1 aliphatic heterocycles. The summed E-state index contributed by atoms with van der Waals surface area (Å²) >= 11 is 0. The van der Waals surface area contributed by atoms with Crippen molar-refractivity contribution in [1.29, 1.82) is 0 Å². The molecule has 2 rings (SSSR count). The largest absolute Gasteiger partial charge is 0.313 e. The van der Waals surface area contributed by atoms with Crippen LogP contribution in [0.15, 0.2) is 6.07 Å². The summed E-state index contributed by atoms with van der Waals surface area (Å²) in [4.78, 5) is 11.7. The molecule has 1 atom stereocenters. The molecule has 0 spiro atoms. The molecule has 0 radical (unpaired) electrons. The number of carbonyl (C=O) groups is 1. The van der Waals surface area contributed by atoms with E-state index in [1.165, 1.54) is 6.42 Å². The van der Waals surface area contributed by atoms with Crippen molar-refractivity contribution >= 4 is 11.7 Å². The number of hydrogen-bond donors (Lipinski definition) is 3. The first-order valence-electron chi connectivity index (χ1n) is 6.35. The summed E-state index contributed by atoms with van der Waals surface area (Å²) in [5, 5.41) is 13.1. The number of aromatic nitrogens is 2. The Labute approximate surface area is 101 Å². The Balaban J connectivity index is 1.80. The van der Waals surface area contributed by atoms with Crippen LogP contribution in [0.1, 0.15) is 38.3 Å². The smallest absolute Gasteiger partial charge is 0.227 e. The van der Waals surface area contributed by atoms with Crippen LogP contribution in [-0.4, -0.2) is 28.7 Å². The Morgan fingerprint density at radius 1 is 1.65 bits per heavy atom. The second kappa shape index (κ2) is 5.82. The van der Waals surface area contributed by atoms with Crippen molar-refractivity contribution in [3.63, 3.8) is 0 Å². The highest BCUT2D eigenvalue weighted by molar-refractivity contribution is 5.90. The lowest BCUT2D eigenvalue weighted by atomic mass is 10.1. The van der Waals surface area contributed by atoms with Crippen LogP contribution in [0.5, 0.6) is 0 Å². The minimum Gasteiger partial charge on any atom is -0.313 e. The van der Waals surface area contributed by atoms with Gasteiger partial charge in [-0.15, -0.1) is 0 Å². The van der Waals surface area contributed by atoms with Crippen LogP contribution in [0.4, 0.5) is 5.82 Å². The molecule has 1 unspecified atom stereocenters. The van der Waals surface area contributed by atoms with Gasteiger partial charge in [-0.25, -0.2) is 0 Å². The highest BCUT2D eigenvalue weighted by Gasteiger charge is 2.18. The predicted octanol–water partition coefficient (Wildman–Crippen LogP) is 1.44. The van der Waals surface area contributed by atoms with Crippen LogP contribution >= 0.6 is 0 Å². The molecule has 5 nitrogen and oxygen atoms in total. The van der Waals surface area contributed by atoms with E-state index < -0.39 is 0 Å². The monoisotopic (exact) mass is 236 g/mol. The van der Waals surface area contributed by atoms with E-state index in [0.29, 0.717) is 18.3 Å². The molecule has 5 heteroatoms. The zero-order valence-corrected chi connectivity index (χ0v) is 10.3. The lowest BCUT2D eigenvalue weighted by Gasteiger charge is -2.08. The molecule has 1 fully saturated rings. The fourth-order valence-corrected chi connectivity index (χ4v) is 2.17. The number of nitrogens with zero attached hydrogens (tertiary/aromatic N) is 1. The average molecular weight is 236 g/mol. The van der Waals surface area contributed by atoms with Gasteiger partial charge >= 0.3 is 0 Å². The average Bonchev–Trinajstić information content (AvgIpc) is 2.91. The molecule has 17 heavy (non-hydrogen) atoms. The van der Waals surface area contributed by atoms with Crippen molar-refractivity contribution in [2.45, 2.75) is 45.1 Å². The molecular formula is C12H20N4O. The van der Waals surface area contributed by atoms with E-state index in [9.17, 15) is 4.79 Å². The molecule has 1 aliphatic rings. The predicted molar refractivity (Wildman–Crippen MR) is 66.9 cm³/mol. The number of hydrogen-bond acceptors (Lipinski definition) is 3.